The fraction of sp³-hybridized carbons (Fsp3) is 0.778. The van der Waals surface area contributed by atoms with Crippen LogP contribution in [-0.2, 0) is 16.1 Å². The molecule has 0 radical (unpaired) electrons. The maximum Gasteiger partial charge on any atom is 0.241 e. The second-order valence-electron chi connectivity index (χ2n) is 3.30. The molecule has 6 nitrogen and oxygen atoms in total. The molecule has 0 fully saturated rings. The number of hydrogen-bond donors (Lipinski definition) is 1. The minimum absolute atomic E-state index is 0.383. The minimum Gasteiger partial charge on any atom is -0.368 e. The molecule has 0 bridgehead atoms. The van der Waals surface area contributed by atoms with Crippen molar-refractivity contribution >= 4 is 17.7 Å². The summed E-state index contributed by atoms with van der Waals surface area (Å²) in [5, 5.41) is 11.4. The number of rotatable bonds is 6. The Morgan fingerprint density at radius 2 is 2.19 bits per heavy atom. The number of amides is 1. The number of nitrogens with two attached hydrogens (primary N) is 1. The second-order valence-corrected chi connectivity index (χ2v) is 4.86. The first kappa shape index (κ1) is 13.0. The number of aryl methyl sites for hydroxylation is 1. The van der Waals surface area contributed by atoms with Crippen LogP contribution in [0.15, 0.2) is 0 Å². The van der Waals surface area contributed by atoms with E-state index >= 15 is 0 Å². The number of primary amides is 1. The first-order valence-electron chi connectivity index (χ1n) is 5.32. The molecule has 1 rings (SSSR count). The Morgan fingerprint density at radius 3 is 2.62 bits per heavy atom. The lowest BCUT2D eigenvalue weighted by Crippen LogP contribution is -2.40. The van der Waals surface area contributed by atoms with Crippen molar-refractivity contribution in [2.75, 3.05) is 5.75 Å². The van der Waals surface area contributed by atoms with Gasteiger partial charge < -0.3 is 5.73 Å². The van der Waals surface area contributed by atoms with Crippen LogP contribution < -0.4 is 5.73 Å². The van der Waals surface area contributed by atoms with Gasteiger partial charge >= 0.3 is 0 Å². The number of hydrogen-bond acceptors (Lipinski definition) is 5. The normalized spacial score (nSPS) is 14.7. The molecule has 7 heteroatoms. The number of tetrazole rings is 1. The number of aromatic nitrogens is 4. The Bertz CT molecular complexity index is 367. The lowest BCUT2D eigenvalue weighted by atomic mass is 10.0. The van der Waals surface area contributed by atoms with Crippen molar-refractivity contribution in [3.05, 3.63) is 5.82 Å². The molecule has 1 aromatic heterocycles. The van der Waals surface area contributed by atoms with E-state index in [0.717, 1.165) is 5.75 Å². The van der Waals surface area contributed by atoms with Gasteiger partial charge in [0, 0.05) is 6.54 Å². The van der Waals surface area contributed by atoms with E-state index in [9.17, 15) is 4.79 Å². The molecule has 1 unspecified atom stereocenters. The molecule has 2 N–H and O–H groups in total. The molecule has 0 saturated heterocycles. The third-order valence-electron chi connectivity index (χ3n) is 2.48. The summed E-state index contributed by atoms with van der Waals surface area (Å²) in [5.74, 6) is 0.955. The SMILES string of the molecule is CCSC(CC)(C(N)=O)c1nnnn1CC. The van der Waals surface area contributed by atoms with Crippen molar-refractivity contribution in [1.82, 2.24) is 20.2 Å². The van der Waals surface area contributed by atoms with E-state index in [-0.39, 0.29) is 5.91 Å². The molecule has 1 amide bonds. The van der Waals surface area contributed by atoms with Gasteiger partial charge in [0.2, 0.25) is 5.91 Å². The predicted octanol–water partition coefficient (Wildman–Crippen LogP) is 0.537. The van der Waals surface area contributed by atoms with Crippen LogP contribution in [0, 0.1) is 0 Å². The highest BCUT2D eigenvalue weighted by molar-refractivity contribution is 8.00. The fourth-order valence-corrected chi connectivity index (χ4v) is 2.75. The van der Waals surface area contributed by atoms with E-state index in [0.29, 0.717) is 18.8 Å². The molecule has 1 aromatic rings. The third-order valence-corrected chi connectivity index (χ3v) is 3.93. The van der Waals surface area contributed by atoms with Crippen LogP contribution in [-0.4, -0.2) is 31.9 Å². The van der Waals surface area contributed by atoms with Crippen molar-refractivity contribution < 1.29 is 4.79 Å². The smallest absolute Gasteiger partial charge is 0.241 e. The van der Waals surface area contributed by atoms with Gasteiger partial charge in [-0.2, -0.15) is 0 Å². The predicted molar refractivity (Wildman–Crippen MR) is 62.8 cm³/mol. The minimum atomic E-state index is -0.811. The fourth-order valence-electron chi connectivity index (χ4n) is 1.63. The molecule has 0 aliphatic heterocycles. The Hall–Kier alpha value is -1.11. The quantitative estimate of drug-likeness (QED) is 0.787. The largest absolute Gasteiger partial charge is 0.368 e. The Kier molecular flexibility index (Phi) is 4.28. The topological polar surface area (TPSA) is 86.7 Å². The summed E-state index contributed by atoms with van der Waals surface area (Å²) in [4.78, 5) is 11.7. The van der Waals surface area contributed by atoms with Crippen LogP contribution in [0.4, 0.5) is 0 Å². The molecule has 0 spiro atoms. The molecule has 1 atom stereocenters. The van der Waals surface area contributed by atoms with Crippen LogP contribution in [0.5, 0.6) is 0 Å². The zero-order valence-electron chi connectivity index (χ0n) is 9.80. The maximum absolute atomic E-state index is 11.7. The lowest BCUT2D eigenvalue weighted by Gasteiger charge is -2.26. The first-order chi connectivity index (χ1) is 7.62. The zero-order valence-corrected chi connectivity index (χ0v) is 10.6. The van der Waals surface area contributed by atoms with Crippen LogP contribution in [0.25, 0.3) is 0 Å². The Balaban J connectivity index is 3.24. The van der Waals surface area contributed by atoms with Crippen LogP contribution in [0.1, 0.15) is 33.0 Å². The Morgan fingerprint density at radius 1 is 1.50 bits per heavy atom. The van der Waals surface area contributed by atoms with Gasteiger partial charge in [0.1, 0.15) is 0 Å². The second kappa shape index (κ2) is 5.29. The van der Waals surface area contributed by atoms with Gasteiger partial charge in [-0.1, -0.05) is 13.8 Å². The van der Waals surface area contributed by atoms with E-state index in [1.165, 1.54) is 11.8 Å². The summed E-state index contributed by atoms with van der Waals surface area (Å²) in [6.45, 7) is 6.46. The van der Waals surface area contributed by atoms with Crippen LogP contribution in [0.3, 0.4) is 0 Å². The van der Waals surface area contributed by atoms with E-state index in [1.54, 1.807) is 4.68 Å². The van der Waals surface area contributed by atoms with Gasteiger partial charge in [-0.3, -0.25) is 4.79 Å². The van der Waals surface area contributed by atoms with Crippen molar-refractivity contribution in [3.8, 4) is 0 Å². The van der Waals surface area contributed by atoms with E-state index in [4.69, 9.17) is 5.73 Å². The van der Waals surface area contributed by atoms with E-state index in [2.05, 4.69) is 15.5 Å². The zero-order chi connectivity index (χ0) is 12.2. The Labute approximate surface area is 99.0 Å². The highest BCUT2D eigenvalue weighted by Gasteiger charge is 2.41. The van der Waals surface area contributed by atoms with Gasteiger partial charge in [-0.05, 0) is 29.5 Å². The van der Waals surface area contributed by atoms with Gasteiger partial charge in [0.15, 0.2) is 10.6 Å². The molecule has 90 valence electrons. The summed E-state index contributed by atoms with van der Waals surface area (Å²) in [5.41, 5.74) is 5.51. The van der Waals surface area contributed by atoms with Crippen LogP contribution >= 0.6 is 11.8 Å². The van der Waals surface area contributed by atoms with E-state index in [1.807, 2.05) is 20.8 Å². The molecule has 0 aliphatic carbocycles. The van der Waals surface area contributed by atoms with Gasteiger partial charge in [-0.15, -0.1) is 16.9 Å². The molecular formula is C9H17N5OS. The summed E-state index contributed by atoms with van der Waals surface area (Å²) in [6, 6.07) is 0. The highest BCUT2D eigenvalue weighted by atomic mass is 32.2. The number of carbonyl (C=O) groups excluding carboxylic acids is 1. The number of thioether (sulfide) groups is 1. The molecule has 16 heavy (non-hydrogen) atoms. The average Bonchev–Trinajstić information content (AvgIpc) is 2.73. The van der Waals surface area contributed by atoms with Crippen molar-refractivity contribution in [3.63, 3.8) is 0 Å². The summed E-state index contributed by atoms with van der Waals surface area (Å²) >= 11 is 1.48. The van der Waals surface area contributed by atoms with Gasteiger partial charge in [0.05, 0.1) is 0 Å². The molecule has 0 saturated carbocycles. The average molecular weight is 243 g/mol. The van der Waals surface area contributed by atoms with Gasteiger partial charge in [0.25, 0.3) is 0 Å². The molecule has 1 heterocycles. The third kappa shape index (κ3) is 2.04. The molecule has 0 aliphatic rings. The highest BCUT2D eigenvalue weighted by Crippen LogP contribution is 2.37. The van der Waals surface area contributed by atoms with Crippen LogP contribution in [0.2, 0.25) is 0 Å². The monoisotopic (exact) mass is 243 g/mol. The summed E-state index contributed by atoms with van der Waals surface area (Å²) in [7, 11) is 0. The maximum atomic E-state index is 11.7. The summed E-state index contributed by atoms with van der Waals surface area (Å²) in [6.07, 6.45) is 0.585. The lowest BCUT2D eigenvalue weighted by molar-refractivity contribution is -0.120. The van der Waals surface area contributed by atoms with Crippen molar-refractivity contribution in [2.24, 2.45) is 5.73 Å². The number of carbonyl (C=O) groups is 1. The summed E-state index contributed by atoms with van der Waals surface area (Å²) < 4.78 is 0.811. The first-order valence-corrected chi connectivity index (χ1v) is 6.31. The number of nitrogens with zero attached hydrogens (tertiary/aromatic N) is 4. The van der Waals surface area contributed by atoms with Gasteiger partial charge in [-0.25, -0.2) is 4.68 Å². The van der Waals surface area contributed by atoms with Crippen molar-refractivity contribution in [1.29, 1.82) is 0 Å². The van der Waals surface area contributed by atoms with E-state index < -0.39 is 4.75 Å². The molecule has 0 aromatic carbocycles. The molecular weight excluding hydrogens is 226 g/mol. The van der Waals surface area contributed by atoms with Crippen molar-refractivity contribution in [2.45, 2.75) is 38.5 Å². The standard InChI is InChI=1S/C9H17N5OS/c1-4-9(7(10)15,16-6-3)8-11-12-13-14(8)5-2/h4-6H2,1-3H3,(H2,10,15).